The highest BCUT2D eigenvalue weighted by molar-refractivity contribution is 7.10. The highest BCUT2D eigenvalue weighted by atomic mass is 32.1. The molecule has 0 aliphatic carbocycles. The van der Waals surface area contributed by atoms with Crippen LogP contribution in [0.3, 0.4) is 0 Å². The Kier molecular flexibility index (Phi) is 6.47. The minimum absolute atomic E-state index is 0.0198. The topological polar surface area (TPSA) is 44.5 Å². The Morgan fingerprint density at radius 1 is 1.32 bits per heavy atom. The van der Waals surface area contributed by atoms with Gasteiger partial charge in [0.2, 0.25) is 0 Å². The van der Waals surface area contributed by atoms with Gasteiger partial charge in [0.05, 0.1) is 18.8 Å². The van der Waals surface area contributed by atoms with Crippen LogP contribution in [0.2, 0.25) is 0 Å². The third-order valence-electron chi connectivity index (χ3n) is 2.94. The van der Waals surface area contributed by atoms with Crippen LogP contribution in [-0.2, 0) is 9.47 Å². The monoisotopic (exact) mass is 285 g/mol. The summed E-state index contributed by atoms with van der Waals surface area (Å²) in [5.74, 6) is 0. The van der Waals surface area contributed by atoms with Crippen molar-refractivity contribution in [3.8, 4) is 0 Å². The van der Waals surface area contributed by atoms with Gasteiger partial charge in [-0.2, -0.15) is 0 Å². The Morgan fingerprint density at radius 2 is 2.00 bits per heavy atom. The fourth-order valence-corrected chi connectivity index (χ4v) is 2.86. The maximum atomic E-state index is 6.19. The molecule has 4 heteroatoms. The molecule has 2 N–H and O–H groups in total. The normalized spacial score (nSPS) is 15.5. The quantitative estimate of drug-likeness (QED) is 0.777. The van der Waals surface area contributed by atoms with E-state index in [0.717, 1.165) is 6.42 Å². The van der Waals surface area contributed by atoms with E-state index < -0.39 is 0 Å². The molecule has 2 atom stereocenters. The Bertz CT molecular complexity index is 370. The molecule has 0 amide bonds. The van der Waals surface area contributed by atoms with Gasteiger partial charge in [0.1, 0.15) is 6.10 Å². The molecule has 0 spiro atoms. The van der Waals surface area contributed by atoms with Crippen LogP contribution in [0.5, 0.6) is 0 Å². The number of ether oxygens (including phenoxy) is 2. The number of hydrogen-bond donors (Lipinski definition) is 1. The number of hydrogen-bond acceptors (Lipinski definition) is 4. The first-order chi connectivity index (χ1) is 8.85. The lowest BCUT2D eigenvalue weighted by Crippen LogP contribution is -2.31. The van der Waals surface area contributed by atoms with Gasteiger partial charge in [-0.05, 0) is 51.1 Å². The first-order valence-corrected chi connectivity index (χ1v) is 7.78. The van der Waals surface area contributed by atoms with E-state index in [4.69, 9.17) is 15.2 Å². The zero-order valence-electron chi connectivity index (χ0n) is 12.7. The second-order valence-corrected chi connectivity index (χ2v) is 6.74. The molecule has 0 aliphatic heterocycles. The predicted molar refractivity (Wildman–Crippen MR) is 81.7 cm³/mol. The fraction of sp³-hybridized carbons (Fsp3) is 0.733. The van der Waals surface area contributed by atoms with Gasteiger partial charge >= 0.3 is 0 Å². The molecule has 0 aliphatic rings. The van der Waals surface area contributed by atoms with Crippen LogP contribution in [0.4, 0.5) is 0 Å². The smallest absolute Gasteiger partial charge is 0.107 e. The standard InChI is InChI=1S/C15H27NO2S/c1-6-12(16)13(14-11(2)7-10-19-14)17-8-9-18-15(3,4)5/h7,10,12-13H,6,8-9,16H2,1-5H3. The molecule has 0 aromatic carbocycles. The Balaban J connectivity index is 2.55. The van der Waals surface area contributed by atoms with Crippen LogP contribution in [0, 0.1) is 6.92 Å². The average Bonchev–Trinajstić information content (AvgIpc) is 2.73. The molecule has 0 bridgehead atoms. The van der Waals surface area contributed by atoms with Gasteiger partial charge in [-0.1, -0.05) is 6.92 Å². The average molecular weight is 285 g/mol. The highest BCUT2D eigenvalue weighted by Gasteiger charge is 2.22. The maximum Gasteiger partial charge on any atom is 0.107 e. The minimum Gasteiger partial charge on any atom is -0.373 e. The largest absolute Gasteiger partial charge is 0.373 e. The Hall–Kier alpha value is -0.420. The zero-order chi connectivity index (χ0) is 14.5. The summed E-state index contributed by atoms with van der Waals surface area (Å²) < 4.78 is 11.7. The van der Waals surface area contributed by atoms with Gasteiger partial charge in [-0.25, -0.2) is 0 Å². The first-order valence-electron chi connectivity index (χ1n) is 6.90. The lowest BCUT2D eigenvalue weighted by Gasteiger charge is -2.25. The van der Waals surface area contributed by atoms with Crippen molar-refractivity contribution in [3.05, 3.63) is 21.9 Å². The molecule has 2 unspecified atom stereocenters. The molecular weight excluding hydrogens is 258 g/mol. The highest BCUT2D eigenvalue weighted by Crippen LogP contribution is 2.29. The van der Waals surface area contributed by atoms with E-state index in [9.17, 15) is 0 Å². The number of nitrogens with two attached hydrogens (primary N) is 1. The van der Waals surface area contributed by atoms with Gasteiger partial charge in [-0.15, -0.1) is 11.3 Å². The van der Waals surface area contributed by atoms with Crippen LogP contribution in [0.25, 0.3) is 0 Å². The van der Waals surface area contributed by atoms with Gasteiger partial charge in [0.25, 0.3) is 0 Å². The van der Waals surface area contributed by atoms with Crippen molar-refractivity contribution in [1.29, 1.82) is 0 Å². The van der Waals surface area contributed by atoms with E-state index >= 15 is 0 Å². The van der Waals surface area contributed by atoms with E-state index in [2.05, 4.69) is 25.3 Å². The van der Waals surface area contributed by atoms with Crippen molar-refractivity contribution < 1.29 is 9.47 Å². The second kappa shape index (κ2) is 7.39. The molecule has 1 aromatic rings. The van der Waals surface area contributed by atoms with Crippen LogP contribution in [0.15, 0.2) is 11.4 Å². The second-order valence-electron chi connectivity index (χ2n) is 5.79. The summed E-state index contributed by atoms with van der Waals surface area (Å²) >= 11 is 1.72. The van der Waals surface area contributed by atoms with E-state index in [1.54, 1.807) is 11.3 Å². The third-order valence-corrected chi connectivity index (χ3v) is 4.02. The summed E-state index contributed by atoms with van der Waals surface area (Å²) in [4.78, 5) is 1.24. The van der Waals surface area contributed by atoms with Crippen LogP contribution in [-0.4, -0.2) is 24.9 Å². The number of thiophene rings is 1. The molecular formula is C15H27NO2S. The number of aryl methyl sites for hydroxylation is 1. The van der Waals surface area contributed by atoms with E-state index in [1.165, 1.54) is 10.4 Å². The Morgan fingerprint density at radius 3 is 2.47 bits per heavy atom. The molecule has 1 rings (SSSR count). The summed E-state index contributed by atoms with van der Waals surface area (Å²) in [5.41, 5.74) is 7.33. The lowest BCUT2D eigenvalue weighted by molar-refractivity contribution is -0.0564. The van der Waals surface area contributed by atoms with E-state index in [0.29, 0.717) is 13.2 Å². The lowest BCUT2D eigenvalue weighted by atomic mass is 10.1. The van der Waals surface area contributed by atoms with Gasteiger partial charge < -0.3 is 15.2 Å². The minimum atomic E-state index is -0.120. The number of rotatable bonds is 7. The Labute approximate surface area is 121 Å². The van der Waals surface area contributed by atoms with E-state index in [1.807, 2.05) is 20.8 Å². The predicted octanol–water partition coefficient (Wildman–Crippen LogP) is 3.67. The van der Waals surface area contributed by atoms with Crippen LogP contribution >= 0.6 is 11.3 Å². The zero-order valence-corrected chi connectivity index (χ0v) is 13.5. The third kappa shape index (κ3) is 5.61. The molecule has 1 aromatic heterocycles. The van der Waals surface area contributed by atoms with Crippen molar-refractivity contribution in [3.63, 3.8) is 0 Å². The van der Waals surface area contributed by atoms with Crippen LogP contribution < -0.4 is 5.73 Å². The molecule has 0 fully saturated rings. The summed E-state index contributed by atoms with van der Waals surface area (Å²) in [6, 6.07) is 2.15. The molecule has 19 heavy (non-hydrogen) atoms. The van der Waals surface area contributed by atoms with Crippen molar-refractivity contribution in [1.82, 2.24) is 0 Å². The van der Waals surface area contributed by atoms with Gasteiger partial charge in [0, 0.05) is 10.9 Å². The molecule has 0 saturated heterocycles. The van der Waals surface area contributed by atoms with Crippen molar-refractivity contribution >= 4 is 11.3 Å². The van der Waals surface area contributed by atoms with Gasteiger partial charge in [0.15, 0.2) is 0 Å². The maximum absolute atomic E-state index is 6.19. The summed E-state index contributed by atoms with van der Waals surface area (Å²) in [6.07, 6.45) is 0.885. The van der Waals surface area contributed by atoms with Crippen molar-refractivity contribution in [2.75, 3.05) is 13.2 Å². The van der Waals surface area contributed by atoms with Crippen LogP contribution in [0.1, 0.15) is 50.7 Å². The summed E-state index contributed by atoms with van der Waals surface area (Å²) in [5, 5.41) is 2.09. The molecule has 0 radical (unpaired) electrons. The van der Waals surface area contributed by atoms with E-state index in [-0.39, 0.29) is 17.7 Å². The summed E-state index contributed by atoms with van der Waals surface area (Å²) in [6.45, 7) is 11.5. The van der Waals surface area contributed by atoms with Crippen molar-refractivity contribution in [2.24, 2.45) is 5.73 Å². The molecule has 3 nitrogen and oxygen atoms in total. The molecule has 0 saturated carbocycles. The SMILES string of the molecule is CCC(N)C(OCCOC(C)(C)C)c1sccc1C. The molecule has 1 heterocycles. The first kappa shape index (κ1) is 16.6. The molecule has 110 valence electrons. The summed E-state index contributed by atoms with van der Waals surface area (Å²) in [7, 11) is 0. The van der Waals surface area contributed by atoms with Crippen molar-refractivity contribution in [2.45, 2.75) is 58.8 Å². The van der Waals surface area contributed by atoms with Gasteiger partial charge in [-0.3, -0.25) is 0 Å². The fourth-order valence-electron chi connectivity index (χ4n) is 1.81.